The predicted molar refractivity (Wildman–Crippen MR) is 78.4 cm³/mol. The molecule has 0 fully saturated rings. The van der Waals surface area contributed by atoms with Crippen LogP contribution in [0.1, 0.15) is 13.8 Å². The number of ether oxygens (including phenoxy) is 2. The molecule has 0 spiro atoms. The Morgan fingerprint density at radius 2 is 2.05 bits per heavy atom. The lowest BCUT2D eigenvalue weighted by molar-refractivity contribution is -0.133. The number of carbonyl (C=O) groups is 1. The van der Waals surface area contributed by atoms with Crippen molar-refractivity contribution in [2.75, 3.05) is 19.0 Å². The molecular weight excluding hydrogens is 264 g/mol. The van der Waals surface area contributed by atoms with E-state index in [9.17, 15) is 4.79 Å². The van der Waals surface area contributed by atoms with Gasteiger partial charge in [-0.05, 0) is 26.0 Å². The zero-order valence-corrected chi connectivity index (χ0v) is 12.0. The van der Waals surface area contributed by atoms with E-state index in [4.69, 9.17) is 27.4 Å². The average molecular weight is 282 g/mol. The largest absolute Gasteiger partial charge is 0.484 e. The third-order valence-electron chi connectivity index (χ3n) is 2.56. The minimum Gasteiger partial charge on any atom is -0.484 e. The van der Waals surface area contributed by atoms with Crippen molar-refractivity contribution in [3.05, 3.63) is 24.3 Å². The van der Waals surface area contributed by atoms with Gasteiger partial charge in [0.15, 0.2) is 0 Å². The first-order valence-corrected chi connectivity index (χ1v) is 6.14. The number of nitrogens with two attached hydrogens (primary N) is 1. The Labute approximate surface area is 118 Å². The number of benzene rings is 1. The highest BCUT2D eigenvalue weighted by Gasteiger charge is 2.27. The maximum Gasteiger partial charge on any atom is 0.256 e. The number of carbonyl (C=O) groups excluding carboxylic acids is 1. The number of thiocarbonyl (C=S) groups is 1. The van der Waals surface area contributed by atoms with E-state index in [0.717, 1.165) is 0 Å². The minimum atomic E-state index is -0.920. The smallest absolute Gasteiger partial charge is 0.256 e. The van der Waals surface area contributed by atoms with Gasteiger partial charge >= 0.3 is 0 Å². The topological polar surface area (TPSA) is 73.6 Å². The van der Waals surface area contributed by atoms with Crippen molar-refractivity contribution in [2.45, 2.75) is 19.4 Å². The SMILES string of the molecule is COC(C)(C)C(=O)Nc1ccccc1OCC(N)=S. The van der Waals surface area contributed by atoms with Crippen LogP contribution in [0.25, 0.3) is 0 Å². The molecule has 0 heterocycles. The van der Waals surface area contributed by atoms with Crippen LogP contribution in [0.5, 0.6) is 5.75 Å². The van der Waals surface area contributed by atoms with E-state index in [1.807, 2.05) is 0 Å². The zero-order chi connectivity index (χ0) is 14.5. The monoisotopic (exact) mass is 282 g/mol. The van der Waals surface area contributed by atoms with Gasteiger partial charge in [-0.25, -0.2) is 0 Å². The molecule has 3 N–H and O–H groups in total. The second-order valence-electron chi connectivity index (χ2n) is 4.42. The number of para-hydroxylation sites is 2. The molecule has 19 heavy (non-hydrogen) atoms. The fourth-order valence-corrected chi connectivity index (χ4v) is 1.27. The average Bonchev–Trinajstić information content (AvgIpc) is 2.37. The Kier molecular flexibility index (Phi) is 5.26. The Hall–Kier alpha value is -1.66. The molecule has 0 aliphatic carbocycles. The van der Waals surface area contributed by atoms with Gasteiger partial charge in [0.2, 0.25) is 0 Å². The van der Waals surface area contributed by atoms with Crippen molar-refractivity contribution in [3.63, 3.8) is 0 Å². The van der Waals surface area contributed by atoms with Gasteiger partial charge in [-0.1, -0.05) is 24.4 Å². The molecule has 5 nitrogen and oxygen atoms in total. The van der Waals surface area contributed by atoms with E-state index in [1.54, 1.807) is 38.1 Å². The molecule has 104 valence electrons. The van der Waals surface area contributed by atoms with Gasteiger partial charge in [0.25, 0.3) is 5.91 Å². The van der Waals surface area contributed by atoms with Crippen LogP contribution < -0.4 is 15.8 Å². The molecule has 1 amide bonds. The van der Waals surface area contributed by atoms with Crippen molar-refractivity contribution in [3.8, 4) is 5.75 Å². The first-order chi connectivity index (χ1) is 8.86. The predicted octanol–water partition coefficient (Wildman–Crippen LogP) is 1.72. The third-order valence-corrected chi connectivity index (χ3v) is 2.68. The highest BCUT2D eigenvalue weighted by atomic mass is 32.1. The quantitative estimate of drug-likeness (QED) is 0.777. The summed E-state index contributed by atoms with van der Waals surface area (Å²) in [5.74, 6) is 0.247. The normalized spacial score (nSPS) is 10.9. The van der Waals surface area contributed by atoms with Gasteiger partial charge < -0.3 is 20.5 Å². The second kappa shape index (κ2) is 6.49. The zero-order valence-electron chi connectivity index (χ0n) is 11.2. The van der Waals surface area contributed by atoms with Gasteiger partial charge in [-0.3, -0.25) is 4.79 Å². The van der Waals surface area contributed by atoms with Crippen LogP contribution in [-0.2, 0) is 9.53 Å². The molecule has 1 aromatic carbocycles. The standard InChI is InChI=1S/C13H18N2O3S/c1-13(2,17-3)12(16)15-9-6-4-5-7-10(9)18-8-11(14)19/h4-7H,8H2,1-3H3,(H2,14,19)(H,15,16). The summed E-state index contributed by atoms with van der Waals surface area (Å²) in [6, 6.07) is 7.06. The summed E-state index contributed by atoms with van der Waals surface area (Å²) in [5.41, 5.74) is 5.01. The van der Waals surface area contributed by atoms with Crippen LogP contribution in [0, 0.1) is 0 Å². The number of rotatable bonds is 6. The molecule has 0 unspecified atom stereocenters. The summed E-state index contributed by atoms with van der Waals surface area (Å²) < 4.78 is 10.5. The van der Waals surface area contributed by atoms with E-state index >= 15 is 0 Å². The van der Waals surface area contributed by atoms with Crippen molar-refractivity contribution < 1.29 is 14.3 Å². The molecule has 6 heteroatoms. The third kappa shape index (κ3) is 4.50. The van der Waals surface area contributed by atoms with Crippen molar-refractivity contribution in [2.24, 2.45) is 5.73 Å². The lowest BCUT2D eigenvalue weighted by atomic mass is 10.1. The van der Waals surface area contributed by atoms with Crippen molar-refractivity contribution in [1.29, 1.82) is 0 Å². The summed E-state index contributed by atoms with van der Waals surface area (Å²) in [6.07, 6.45) is 0. The van der Waals surface area contributed by atoms with Crippen LogP contribution in [0.4, 0.5) is 5.69 Å². The molecule has 0 saturated heterocycles. The number of amides is 1. The lowest BCUT2D eigenvalue weighted by Crippen LogP contribution is -2.38. The van der Waals surface area contributed by atoms with Gasteiger partial charge in [-0.15, -0.1) is 0 Å². The molecule has 1 aromatic rings. The lowest BCUT2D eigenvalue weighted by Gasteiger charge is -2.22. The summed E-state index contributed by atoms with van der Waals surface area (Å²) in [4.78, 5) is 12.3. The van der Waals surface area contributed by atoms with E-state index in [-0.39, 0.29) is 17.5 Å². The summed E-state index contributed by atoms with van der Waals surface area (Å²) in [7, 11) is 1.48. The van der Waals surface area contributed by atoms with Gasteiger partial charge in [-0.2, -0.15) is 0 Å². The van der Waals surface area contributed by atoms with E-state index in [0.29, 0.717) is 11.4 Å². The highest BCUT2D eigenvalue weighted by molar-refractivity contribution is 7.80. The molecule has 0 atom stereocenters. The molecule has 0 saturated carbocycles. The molecule has 0 aliphatic heterocycles. The highest BCUT2D eigenvalue weighted by Crippen LogP contribution is 2.25. The Balaban J connectivity index is 2.83. The van der Waals surface area contributed by atoms with Crippen LogP contribution >= 0.6 is 12.2 Å². The molecular formula is C13H18N2O3S. The van der Waals surface area contributed by atoms with Crippen LogP contribution in [0.3, 0.4) is 0 Å². The summed E-state index contributed by atoms with van der Waals surface area (Å²) in [5, 5.41) is 2.75. The first kappa shape index (κ1) is 15.4. The fourth-order valence-electron chi connectivity index (χ4n) is 1.21. The summed E-state index contributed by atoms with van der Waals surface area (Å²) >= 11 is 4.75. The number of hydrogen-bond donors (Lipinski definition) is 2. The van der Waals surface area contributed by atoms with E-state index in [1.165, 1.54) is 7.11 Å². The number of anilines is 1. The van der Waals surface area contributed by atoms with E-state index in [2.05, 4.69) is 5.32 Å². The Bertz CT molecular complexity index is 475. The first-order valence-electron chi connectivity index (χ1n) is 5.73. The van der Waals surface area contributed by atoms with Gasteiger partial charge in [0.05, 0.1) is 5.69 Å². The van der Waals surface area contributed by atoms with Crippen LogP contribution in [0.2, 0.25) is 0 Å². The molecule has 0 bridgehead atoms. The Morgan fingerprint density at radius 1 is 1.42 bits per heavy atom. The number of hydrogen-bond acceptors (Lipinski definition) is 4. The number of methoxy groups -OCH3 is 1. The van der Waals surface area contributed by atoms with Gasteiger partial charge in [0, 0.05) is 7.11 Å². The molecule has 1 rings (SSSR count). The van der Waals surface area contributed by atoms with Crippen LogP contribution in [-0.4, -0.2) is 30.2 Å². The number of nitrogens with one attached hydrogen (secondary N) is 1. The fraction of sp³-hybridized carbons (Fsp3) is 0.385. The van der Waals surface area contributed by atoms with Crippen molar-refractivity contribution in [1.82, 2.24) is 0 Å². The second-order valence-corrected chi connectivity index (χ2v) is 4.94. The Morgan fingerprint density at radius 3 is 2.63 bits per heavy atom. The molecule has 0 aromatic heterocycles. The van der Waals surface area contributed by atoms with Gasteiger partial charge in [0.1, 0.15) is 22.9 Å². The minimum absolute atomic E-state index is 0.121. The summed E-state index contributed by atoms with van der Waals surface area (Å²) in [6.45, 7) is 3.48. The molecule has 0 aliphatic rings. The maximum absolute atomic E-state index is 12.0. The molecule has 0 radical (unpaired) electrons. The maximum atomic E-state index is 12.0. The van der Waals surface area contributed by atoms with Crippen LogP contribution in [0.15, 0.2) is 24.3 Å². The van der Waals surface area contributed by atoms with Crippen molar-refractivity contribution >= 4 is 28.8 Å². The van der Waals surface area contributed by atoms with E-state index < -0.39 is 5.60 Å².